The molecule has 0 aliphatic rings. The van der Waals surface area contributed by atoms with Gasteiger partial charge in [0.1, 0.15) is 0 Å². The van der Waals surface area contributed by atoms with Gasteiger partial charge in [0.05, 0.1) is 23.8 Å². The van der Waals surface area contributed by atoms with E-state index in [-0.39, 0.29) is 17.7 Å². The molecule has 0 unspecified atom stereocenters. The molecule has 1 rings (SSSR count). The molecule has 0 amide bonds. The Bertz CT molecular complexity index is 379. The first kappa shape index (κ1) is 9.23. The van der Waals surface area contributed by atoms with Crippen molar-refractivity contribution in [2.24, 2.45) is 0 Å². The fourth-order valence-corrected chi connectivity index (χ4v) is 0.951. The summed E-state index contributed by atoms with van der Waals surface area (Å²) in [6.07, 6.45) is 0. The molecule has 0 fully saturated rings. The molecule has 0 saturated heterocycles. The monoisotopic (exact) mass is 177 g/mol. The van der Waals surface area contributed by atoms with E-state index < -0.39 is 5.97 Å². The first-order valence-corrected chi connectivity index (χ1v) is 3.56. The number of carboxylic acids is 1. The van der Waals surface area contributed by atoms with Gasteiger partial charge in [-0.3, -0.25) is 0 Å². The highest BCUT2D eigenvalue weighted by Gasteiger charge is 2.06. The number of nitriles is 1. The second-order valence-corrected chi connectivity index (χ2v) is 2.45. The maximum Gasteiger partial charge on any atom is 0.335 e. The highest BCUT2D eigenvalue weighted by Crippen LogP contribution is 2.11. The number of hydrogen-bond donors (Lipinski definition) is 2. The largest absolute Gasteiger partial charge is 0.478 e. The molecule has 0 heterocycles. The molecule has 4 heteroatoms. The lowest BCUT2D eigenvalue weighted by Gasteiger charge is -2.00. The van der Waals surface area contributed by atoms with Crippen LogP contribution in [0.1, 0.15) is 21.5 Å². The molecule has 0 aliphatic heterocycles. The van der Waals surface area contributed by atoms with Crippen molar-refractivity contribution in [1.29, 1.82) is 5.26 Å². The van der Waals surface area contributed by atoms with Crippen LogP contribution >= 0.6 is 0 Å². The molecule has 0 aliphatic carbocycles. The number of benzene rings is 1. The van der Waals surface area contributed by atoms with Gasteiger partial charge < -0.3 is 10.2 Å². The van der Waals surface area contributed by atoms with Crippen LogP contribution in [0.2, 0.25) is 0 Å². The number of carbonyl (C=O) groups is 1. The maximum absolute atomic E-state index is 10.5. The van der Waals surface area contributed by atoms with Crippen LogP contribution < -0.4 is 0 Å². The predicted octanol–water partition coefficient (Wildman–Crippen LogP) is 0.749. The molecule has 4 nitrogen and oxygen atoms in total. The van der Waals surface area contributed by atoms with Crippen molar-refractivity contribution in [3.8, 4) is 6.07 Å². The lowest BCUT2D eigenvalue weighted by molar-refractivity contribution is 0.0696. The van der Waals surface area contributed by atoms with Gasteiger partial charge in [0.15, 0.2) is 0 Å². The van der Waals surface area contributed by atoms with Crippen molar-refractivity contribution in [1.82, 2.24) is 0 Å². The van der Waals surface area contributed by atoms with Gasteiger partial charge in [0.25, 0.3) is 0 Å². The number of aliphatic hydroxyl groups is 1. The third-order valence-corrected chi connectivity index (χ3v) is 1.65. The molecule has 13 heavy (non-hydrogen) atoms. The Morgan fingerprint density at radius 2 is 2.23 bits per heavy atom. The summed E-state index contributed by atoms with van der Waals surface area (Å²) in [5.41, 5.74) is 0.684. The zero-order valence-corrected chi connectivity index (χ0v) is 6.69. The number of aromatic carboxylic acids is 1. The Morgan fingerprint density at radius 1 is 1.54 bits per heavy atom. The molecular weight excluding hydrogens is 170 g/mol. The van der Waals surface area contributed by atoms with E-state index in [0.29, 0.717) is 5.56 Å². The number of aliphatic hydroxyl groups excluding tert-OH is 1. The Kier molecular flexibility index (Phi) is 2.62. The van der Waals surface area contributed by atoms with Gasteiger partial charge in [-0.2, -0.15) is 5.26 Å². The summed E-state index contributed by atoms with van der Waals surface area (Å²) in [6.45, 7) is -0.261. The maximum atomic E-state index is 10.5. The third kappa shape index (κ3) is 1.83. The van der Waals surface area contributed by atoms with Crippen molar-refractivity contribution in [3.05, 3.63) is 34.9 Å². The Labute approximate surface area is 74.7 Å². The van der Waals surface area contributed by atoms with Crippen molar-refractivity contribution < 1.29 is 15.0 Å². The van der Waals surface area contributed by atoms with Crippen LogP contribution in [0.3, 0.4) is 0 Å². The molecule has 2 N–H and O–H groups in total. The van der Waals surface area contributed by atoms with E-state index in [0.717, 1.165) is 0 Å². The van der Waals surface area contributed by atoms with Gasteiger partial charge in [-0.15, -0.1) is 0 Å². The number of nitrogens with zero attached hydrogens (tertiary/aromatic N) is 1. The minimum atomic E-state index is -1.08. The first-order valence-electron chi connectivity index (χ1n) is 3.56. The lowest BCUT2D eigenvalue weighted by atomic mass is 10.1. The van der Waals surface area contributed by atoms with Crippen molar-refractivity contribution >= 4 is 5.97 Å². The van der Waals surface area contributed by atoms with Gasteiger partial charge in [0.2, 0.25) is 0 Å². The Hall–Kier alpha value is -1.86. The summed E-state index contributed by atoms with van der Waals surface area (Å²) in [6, 6.07) is 5.85. The smallest absolute Gasteiger partial charge is 0.335 e. The summed E-state index contributed by atoms with van der Waals surface area (Å²) >= 11 is 0. The number of hydrogen-bond acceptors (Lipinski definition) is 3. The van der Waals surface area contributed by atoms with Gasteiger partial charge in [-0.05, 0) is 17.7 Å². The van der Waals surface area contributed by atoms with E-state index in [1.54, 1.807) is 0 Å². The van der Waals surface area contributed by atoms with E-state index in [4.69, 9.17) is 15.5 Å². The third-order valence-electron chi connectivity index (χ3n) is 1.65. The second-order valence-electron chi connectivity index (χ2n) is 2.45. The molecule has 1 aromatic carbocycles. The van der Waals surface area contributed by atoms with Crippen LogP contribution in [0.15, 0.2) is 18.2 Å². The SMILES string of the molecule is N#Cc1cc(C(=O)O)ccc1CO. The quantitative estimate of drug-likeness (QED) is 0.698. The van der Waals surface area contributed by atoms with Crippen LogP contribution in [0.25, 0.3) is 0 Å². The summed E-state index contributed by atoms with van der Waals surface area (Å²) in [4.78, 5) is 10.5. The lowest BCUT2D eigenvalue weighted by Crippen LogP contribution is -1.99. The summed E-state index contributed by atoms with van der Waals surface area (Å²) in [5.74, 6) is -1.08. The topological polar surface area (TPSA) is 81.3 Å². The summed E-state index contributed by atoms with van der Waals surface area (Å²) < 4.78 is 0. The second kappa shape index (κ2) is 3.70. The van der Waals surface area contributed by atoms with Crippen LogP contribution in [-0.2, 0) is 6.61 Å². The van der Waals surface area contributed by atoms with E-state index in [1.165, 1.54) is 18.2 Å². The summed E-state index contributed by atoms with van der Waals surface area (Å²) in [7, 11) is 0. The van der Waals surface area contributed by atoms with E-state index in [1.807, 2.05) is 6.07 Å². The molecule has 1 aromatic rings. The Balaban J connectivity index is 3.23. The van der Waals surface area contributed by atoms with E-state index in [2.05, 4.69) is 0 Å². The molecule has 0 atom stereocenters. The average molecular weight is 177 g/mol. The van der Waals surface area contributed by atoms with Crippen LogP contribution in [0, 0.1) is 11.3 Å². The normalized spacial score (nSPS) is 9.23. The van der Waals surface area contributed by atoms with E-state index >= 15 is 0 Å². The highest BCUT2D eigenvalue weighted by molar-refractivity contribution is 5.88. The number of carboxylic acid groups (broad SMARTS) is 1. The van der Waals surface area contributed by atoms with Crippen molar-refractivity contribution in [3.63, 3.8) is 0 Å². The first-order chi connectivity index (χ1) is 6.19. The highest BCUT2D eigenvalue weighted by atomic mass is 16.4. The minimum Gasteiger partial charge on any atom is -0.478 e. The number of rotatable bonds is 2. The molecular formula is C9H7NO3. The molecule has 0 bridgehead atoms. The van der Waals surface area contributed by atoms with Gasteiger partial charge in [-0.1, -0.05) is 6.07 Å². The molecule has 0 aromatic heterocycles. The fourth-order valence-electron chi connectivity index (χ4n) is 0.951. The fraction of sp³-hybridized carbons (Fsp3) is 0.111. The average Bonchev–Trinajstić information content (AvgIpc) is 2.16. The van der Waals surface area contributed by atoms with Crippen LogP contribution in [0.5, 0.6) is 0 Å². The molecule has 0 saturated carbocycles. The zero-order chi connectivity index (χ0) is 9.84. The predicted molar refractivity (Wildman–Crippen MR) is 44.0 cm³/mol. The molecule has 66 valence electrons. The van der Waals surface area contributed by atoms with Crippen LogP contribution in [0.4, 0.5) is 0 Å². The molecule has 0 radical (unpaired) electrons. The summed E-state index contributed by atoms with van der Waals surface area (Å²) in [5, 5.41) is 26.0. The standard InChI is InChI=1S/C9H7NO3/c10-4-8-3-6(9(12)13)1-2-7(8)5-11/h1-3,11H,5H2,(H,12,13). The van der Waals surface area contributed by atoms with Crippen molar-refractivity contribution in [2.45, 2.75) is 6.61 Å². The van der Waals surface area contributed by atoms with Crippen LogP contribution in [-0.4, -0.2) is 16.2 Å². The zero-order valence-electron chi connectivity index (χ0n) is 6.69. The van der Waals surface area contributed by atoms with Gasteiger partial charge >= 0.3 is 5.97 Å². The van der Waals surface area contributed by atoms with Gasteiger partial charge in [-0.25, -0.2) is 4.79 Å². The van der Waals surface area contributed by atoms with Crippen molar-refractivity contribution in [2.75, 3.05) is 0 Å². The van der Waals surface area contributed by atoms with E-state index in [9.17, 15) is 4.79 Å². The molecule has 0 spiro atoms. The van der Waals surface area contributed by atoms with Gasteiger partial charge in [0, 0.05) is 0 Å². The Morgan fingerprint density at radius 3 is 2.69 bits per heavy atom. The minimum absolute atomic E-state index is 0.0498.